The molecule has 112 valence electrons. The molecule has 0 aliphatic rings. The van der Waals surface area contributed by atoms with Crippen molar-refractivity contribution in [2.45, 2.75) is 13.2 Å². The molecule has 2 aromatic rings. The molecule has 7 heteroatoms. The van der Waals surface area contributed by atoms with Crippen LogP contribution < -0.4 is 10.1 Å². The molecule has 0 radical (unpaired) electrons. The van der Waals surface area contributed by atoms with E-state index in [0.717, 1.165) is 0 Å². The predicted molar refractivity (Wildman–Crippen MR) is 79.5 cm³/mol. The number of anilines is 1. The molecule has 0 aliphatic heterocycles. The van der Waals surface area contributed by atoms with Gasteiger partial charge in [-0.25, -0.2) is 4.39 Å². The van der Waals surface area contributed by atoms with Crippen molar-refractivity contribution in [2.75, 3.05) is 5.32 Å². The average molecular weight is 381 g/mol. The van der Waals surface area contributed by atoms with Crippen LogP contribution in [0.5, 0.6) is 5.75 Å². The standard InChI is InChI=1S/C14H10BrClF3NO/c15-11-3-2-10(6-12(11)17)20-7-8-5-9(16)1-4-13(8)21-14(18)19/h1-6,14,20H,7H2. The Labute approximate surface area is 133 Å². The van der Waals surface area contributed by atoms with Crippen molar-refractivity contribution < 1.29 is 17.9 Å². The zero-order valence-electron chi connectivity index (χ0n) is 10.5. The molecule has 0 unspecified atom stereocenters. The van der Waals surface area contributed by atoms with E-state index in [1.165, 1.54) is 24.3 Å². The molecule has 2 nitrogen and oxygen atoms in total. The minimum Gasteiger partial charge on any atom is -0.434 e. The van der Waals surface area contributed by atoms with Gasteiger partial charge in [0.2, 0.25) is 0 Å². The fourth-order valence-corrected chi connectivity index (χ4v) is 2.14. The summed E-state index contributed by atoms with van der Waals surface area (Å²) in [6.45, 7) is -2.75. The molecule has 0 spiro atoms. The van der Waals surface area contributed by atoms with E-state index in [9.17, 15) is 13.2 Å². The number of hydrogen-bond donors (Lipinski definition) is 1. The Balaban J connectivity index is 2.14. The maximum atomic E-state index is 13.4. The van der Waals surface area contributed by atoms with Gasteiger partial charge in [-0.1, -0.05) is 11.6 Å². The van der Waals surface area contributed by atoms with Crippen molar-refractivity contribution in [2.24, 2.45) is 0 Å². The first-order chi connectivity index (χ1) is 9.95. The molecule has 1 N–H and O–H groups in total. The first-order valence-corrected chi connectivity index (χ1v) is 7.05. The van der Waals surface area contributed by atoms with E-state index in [2.05, 4.69) is 26.0 Å². The van der Waals surface area contributed by atoms with Crippen LogP contribution in [-0.4, -0.2) is 6.61 Å². The van der Waals surface area contributed by atoms with Gasteiger partial charge in [0.1, 0.15) is 11.6 Å². The van der Waals surface area contributed by atoms with Gasteiger partial charge in [0.05, 0.1) is 4.47 Å². The second kappa shape index (κ2) is 7.04. The average Bonchev–Trinajstić information content (AvgIpc) is 2.42. The van der Waals surface area contributed by atoms with Crippen LogP contribution in [0.3, 0.4) is 0 Å². The lowest BCUT2D eigenvalue weighted by Crippen LogP contribution is -2.07. The van der Waals surface area contributed by atoms with Crippen LogP contribution in [0.4, 0.5) is 18.9 Å². The molecule has 0 aliphatic carbocycles. The third-order valence-corrected chi connectivity index (χ3v) is 3.52. The molecular formula is C14H10BrClF3NO. The summed E-state index contributed by atoms with van der Waals surface area (Å²) in [6.07, 6.45) is 0. The van der Waals surface area contributed by atoms with E-state index in [1.807, 2.05) is 0 Å². The molecule has 0 fully saturated rings. The van der Waals surface area contributed by atoms with Crippen LogP contribution in [-0.2, 0) is 6.54 Å². The van der Waals surface area contributed by atoms with Gasteiger partial charge in [-0.15, -0.1) is 0 Å². The van der Waals surface area contributed by atoms with Crippen molar-refractivity contribution >= 4 is 33.2 Å². The highest BCUT2D eigenvalue weighted by Crippen LogP contribution is 2.26. The largest absolute Gasteiger partial charge is 0.434 e. The maximum absolute atomic E-state index is 13.4. The van der Waals surface area contributed by atoms with Crippen LogP contribution in [0.2, 0.25) is 5.02 Å². The van der Waals surface area contributed by atoms with E-state index in [1.54, 1.807) is 12.1 Å². The van der Waals surface area contributed by atoms with Crippen LogP contribution in [0.15, 0.2) is 40.9 Å². The summed E-state index contributed by atoms with van der Waals surface area (Å²) in [5.74, 6) is -0.394. The molecule has 0 atom stereocenters. The second-order valence-corrected chi connectivity index (χ2v) is 5.40. The summed E-state index contributed by atoms with van der Waals surface area (Å²) in [7, 11) is 0. The fourth-order valence-electron chi connectivity index (χ4n) is 1.70. The minimum atomic E-state index is -2.92. The van der Waals surface area contributed by atoms with Crippen molar-refractivity contribution in [3.8, 4) is 5.75 Å². The quantitative estimate of drug-likeness (QED) is 0.744. The van der Waals surface area contributed by atoms with E-state index < -0.39 is 12.4 Å². The molecule has 0 bridgehead atoms. The fraction of sp³-hybridized carbons (Fsp3) is 0.143. The molecule has 2 rings (SSSR count). The first kappa shape index (κ1) is 16.0. The summed E-state index contributed by atoms with van der Waals surface area (Å²) < 4.78 is 42.8. The van der Waals surface area contributed by atoms with E-state index in [4.69, 9.17) is 11.6 Å². The smallest absolute Gasteiger partial charge is 0.387 e. The number of alkyl halides is 2. The maximum Gasteiger partial charge on any atom is 0.387 e. The van der Waals surface area contributed by atoms with Crippen molar-refractivity contribution in [3.05, 3.63) is 57.3 Å². The van der Waals surface area contributed by atoms with Gasteiger partial charge in [0, 0.05) is 22.8 Å². The Morgan fingerprint density at radius 2 is 1.95 bits per heavy atom. The Kier molecular flexibility index (Phi) is 5.36. The number of benzene rings is 2. The summed E-state index contributed by atoms with van der Waals surface area (Å²) >= 11 is 8.89. The minimum absolute atomic E-state index is 0.0273. The zero-order chi connectivity index (χ0) is 15.4. The first-order valence-electron chi connectivity index (χ1n) is 5.88. The number of ether oxygens (including phenoxy) is 1. The molecule has 0 aromatic heterocycles. The number of nitrogens with one attached hydrogen (secondary N) is 1. The monoisotopic (exact) mass is 379 g/mol. The zero-order valence-corrected chi connectivity index (χ0v) is 12.9. The predicted octanol–water partition coefficient (Wildman–Crippen LogP) is 5.46. The van der Waals surface area contributed by atoms with Crippen LogP contribution >= 0.6 is 27.5 Å². The number of halogens is 5. The van der Waals surface area contributed by atoms with Crippen LogP contribution in [0.25, 0.3) is 0 Å². The summed E-state index contributed by atoms with van der Waals surface area (Å²) in [5, 5.41) is 3.32. The molecule has 0 saturated heterocycles. The molecule has 0 amide bonds. The Morgan fingerprint density at radius 3 is 2.62 bits per heavy atom. The van der Waals surface area contributed by atoms with Gasteiger partial charge in [-0.05, 0) is 52.3 Å². The summed E-state index contributed by atoms with van der Waals surface area (Å²) in [4.78, 5) is 0. The highest BCUT2D eigenvalue weighted by atomic mass is 79.9. The van der Waals surface area contributed by atoms with Gasteiger partial charge in [-0.2, -0.15) is 8.78 Å². The third kappa shape index (κ3) is 4.54. The van der Waals surface area contributed by atoms with E-state index >= 15 is 0 Å². The van der Waals surface area contributed by atoms with Gasteiger partial charge >= 0.3 is 6.61 Å². The van der Waals surface area contributed by atoms with Crippen LogP contribution in [0, 0.1) is 5.82 Å². The summed E-state index contributed by atoms with van der Waals surface area (Å²) in [5.41, 5.74) is 0.963. The highest BCUT2D eigenvalue weighted by Gasteiger charge is 2.10. The lowest BCUT2D eigenvalue weighted by Gasteiger charge is -2.13. The number of hydrogen-bond acceptors (Lipinski definition) is 2. The molecule has 0 heterocycles. The van der Waals surface area contributed by atoms with Gasteiger partial charge in [-0.3, -0.25) is 0 Å². The van der Waals surface area contributed by atoms with Crippen molar-refractivity contribution in [1.82, 2.24) is 0 Å². The SMILES string of the molecule is Fc1cc(NCc2cc(Cl)ccc2OC(F)F)ccc1Br. The van der Waals surface area contributed by atoms with E-state index in [0.29, 0.717) is 20.7 Å². The second-order valence-electron chi connectivity index (χ2n) is 4.11. The Bertz CT molecular complexity index is 640. The lowest BCUT2D eigenvalue weighted by atomic mass is 10.2. The van der Waals surface area contributed by atoms with Crippen LogP contribution in [0.1, 0.15) is 5.56 Å². The van der Waals surface area contributed by atoms with Crippen molar-refractivity contribution in [3.63, 3.8) is 0 Å². The number of rotatable bonds is 5. The third-order valence-electron chi connectivity index (χ3n) is 2.64. The molecular weight excluding hydrogens is 371 g/mol. The highest BCUT2D eigenvalue weighted by molar-refractivity contribution is 9.10. The van der Waals surface area contributed by atoms with Gasteiger partial charge in [0.15, 0.2) is 0 Å². The summed E-state index contributed by atoms with van der Waals surface area (Å²) in [6, 6.07) is 8.84. The molecule has 21 heavy (non-hydrogen) atoms. The van der Waals surface area contributed by atoms with E-state index in [-0.39, 0.29) is 12.3 Å². The van der Waals surface area contributed by atoms with Gasteiger partial charge < -0.3 is 10.1 Å². The van der Waals surface area contributed by atoms with Gasteiger partial charge in [0.25, 0.3) is 0 Å². The normalized spacial score (nSPS) is 10.8. The molecule has 2 aromatic carbocycles. The Hall–Kier alpha value is -1.40. The molecule has 0 saturated carbocycles. The lowest BCUT2D eigenvalue weighted by molar-refractivity contribution is -0.0504. The topological polar surface area (TPSA) is 21.3 Å². The van der Waals surface area contributed by atoms with Crippen molar-refractivity contribution in [1.29, 1.82) is 0 Å². The Morgan fingerprint density at radius 1 is 1.19 bits per heavy atom.